The summed E-state index contributed by atoms with van der Waals surface area (Å²) >= 11 is 2.30. The van der Waals surface area contributed by atoms with Crippen LogP contribution in [0.15, 0.2) is 18.2 Å². The maximum atomic E-state index is 5.90. The summed E-state index contributed by atoms with van der Waals surface area (Å²) in [4.78, 5) is 5.02. The third kappa shape index (κ3) is 1.98. The number of hydrogen-bond acceptors (Lipinski definition) is 3. The highest BCUT2D eigenvalue weighted by Crippen LogP contribution is 2.40. The molecule has 1 heterocycles. The average molecular weight is 319 g/mol. The summed E-state index contributed by atoms with van der Waals surface area (Å²) in [5.74, 6) is 1.000. The van der Waals surface area contributed by atoms with Gasteiger partial charge in [0.2, 0.25) is 0 Å². The van der Waals surface area contributed by atoms with E-state index in [9.17, 15) is 0 Å². The SMILES string of the molecule is CCC1Oc2c(I)cccc2C1NOC. The van der Waals surface area contributed by atoms with Gasteiger partial charge in [-0.1, -0.05) is 19.1 Å². The van der Waals surface area contributed by atoms with Gasteiger partial charge >= 0.3 is 0 Å². The molecule has 1 aliphatic rings. The number of hydrogen-bond donors (Lipinski definition) is 1. The predicted molar refractivity (Wildman–Crippen MR) is 66.8 cm³/mol. The van der Waals surface area contributed by atoms with Crippen LogP contribution in [0.5, 0.6) is 5.75 Å². The molecule has 1 aromatic carbocycles. The number of rotatable bonds is 3. The van der Waals surface area contributed by atoms with Gasteiger partial charge < -0.3 is 9.57 Å². The Kier molecular flexibility index (Phi) is 3.48. The van der Waals surface area contributed by atoms with E-state index in [2.05, 4.69) is 47.1 Å². The molecule has 0 saturated heterocycles. The van der Waals surface area contributed by atoms with Crippen LogP contribution in [0.1, 0.15) is 24.9 Å². The number of benzene rings is 1. The maximum Gasteiger partial charge on any atom is 0.138 e. The second kappa shape index (κ2) is 4.67. The zero-order chi connectivity index (χ0) is 10.8. The Morgan fingerprint density at radius 2 is 2.33 bits per heavy atom. The number of nitrogens with one attached hydrogen (secondary N) is 1. The second-order valence-electron chi connectivity index (χ2n) is 3.52. The Morgan fingerprint density at radius 3 is 3.00 bits per heavy atom. The van der Waals surface area contributed by atoms with E-state index >= 15 is 0 Å². The molecule has 0 spiro atoms. The molecule has 15 heavy (non-hydrogen) atoms. The van der Waals surface area contributed by atoms with Crippen molar-refractivity contribution in [1.82, 2.24) is 5.48 Å². The van der Waals surface area contributed by atoms with E-state index in [0.29, 0.717) is 0 Å². The minimum atomic E-state index is 0.143. The summed E-state index contributed by atoms with van der Waals surface area (Å²) in [6.07, 6.45) is 1.13. The summed E-state index contributed by atoms with van der Waals surface area (Å²) in [6, 6.07) is 6.34. The van der Waals surface area contributed by atoms with E-state index in [-0.39, 0.29) is 12.1 Å². The van der Waals surface area contributed by atoms with E-state index in [1.54, 1.807) is 7.11 Å². The lowest BCUT2D eigenvalue weighted by Crippen LogP contribution is -2.29. The van der Waals surface area contributed by atoms with Gasteiger partial charge in [0.05, 0.1) is 16.7 Å². The highest BCUT2D eigenvalue weighted by Gasteiger charge is 2.34. The van der Waals surface area contributed by atoms with Gasteiger partial charge in [0, 0.05) is 5.56 Å². The lowest BCUT2D eigenvalue weighted by molar-refractivity contribution is 0.0282. The molecule has 0 aliphatic carbocycles. The fourth-order valence-corrected chi connectivity index (χ4v) is 2.55. The van der Waals surface area contributed by atoms with E-state index in [1.165, 1.54) is 5.56 Å². The van der Waals surface area contributed by atoms with E-state index in [0.717, 1.165) is 15.7 Å². The molecule has 2 unspecified atom stereocenters. The van der Waals surface area contributed by atoms with Crippen molar-refractivity contribution in [2.45, 2.75) is 25.5 Å². The Morgan fingerprint density at radius 1 is 1.53 bits per heavy atom. The lowest BCUT2D eigenvalue weighted by Gasteiger charge is -2.17. The Bertz CT molecular complexity index is 356. The molecule has 0 radical (unpaired) electrons. The molecule has 82 valence electrons. The first-order valence-corrected chi connectivity index (χ1v) is 6.09. The minimum Gasteiger partial charge on any atom is -0.487 e. The van der Waals surface area contributed by atoms with Crippen molar-refractivity contribution in [2.75, 3.05) is 7.11 Å². The largest absolute Gasteiger partial charge is 0.487 e. The summed E-state index contributed by atoms with van der Waals surface area (Å²) in [5.41, 5.74) is 4.19. The standard InChI is InChI=1S/C11H14INO2/c1-3-9-10(13-14-2)7-5-4-6-8(12)11(7)15-9/h4-6,9-10,13H,3H2,1-2H3. The van der Waals surface area contributed by atoms with Crippen LogP contribution >= 0.6 is 22.6 Å². The van der Waals surface area contributed by atoms with Crippen LogP contribution in [0.4, 0.5) is 0 Å². The van der Waals surface area contributed by atoms with Crippen LogP contribution in [0, 0.1) is 3.57 Å². The van der Waals surface area contributed by atoms with Crippen molar-refractivity contribution in [1.29, 1.82) is 0 Å². The van der Waals surface area contributed by atoms with Crippen LogP contribution in [-0.4, -0.2) is 13.2 Å². The molecule has 1 aliphatic heterocycles. The van der Waals surface area contributed by atoms with Crippen molar-refractivity contribution in [2.24, 2.45) is 0 Å². The van der Waals surface area contributed by atoms with Crippen LogP contribution in [0.2, 0.25) is 0 Å². The summed E-state index contributed by atoms with van der Waals surface area (Å²) in [6.45, 7) is 2.12. The molecule has 0 amide bonds. The van der Waals surface area contributed by atoms with Crippen LogP contribution in [-0.2, 0) is 4.84 Å². The van der Waals surface area contributed by atoms with Crippen LogP contribution < -0.4 is 10.2 Å². The van der Waals surface area contributed by atoms with Gasteiger partial charge in [-0.3, -0.25) is 0 Å². The number of ether oxygens (including phenoxy) is 1. The van der Waals surface area contributed by atoms with E-state index < -0.39 is 0 Å². The first kappa shape index (κ1) is 11.2. The molecule has 1 aromatic rings. The summed E-state index contributed by atoms with van der Waals surface area (Å²) in [7, 11) is 1.64. The molecule has 2 rings (SSSR count). The lowest BCUT2D eigenvalue weighted by atomic mass is 10.0. The second-order valence-corrected chi connectivity index (χ2v) is 4.68. The average Bonchev–Trinajstić information content (AvgIpc) is 2.59. The van der Waals surface area contributed by atoms with Gasteiger partial charge in [-0.05, 0) is 35.1 Å². The molecule has 2 atom stereocenters. The normalized spacial score (nSPS) is 23.7. The smallest absolute Gasteiger partial charge is 0.138 e. The van der Waals surface area contributed by atoms with Gasteiger partial charge in [-0.2, -0.15) is 5.48 Å². The van der Waals surface area contributed by atoms with Crippen molar-refractivity contribution in [3.8, 4) is 5.75 Å². The molecular formula is C11H14INO2. The fraction of sp³-hybridized carbons (Fsp3) is 0.455. The number of fused-ring (bicyclic) bond motifs is 1. The van der Waals surface area contributed by atoms with E-state index in [4.69, 9.17) is 9.57 Å². The Hall–Kier alpha value is -0.330. The van der Waals surface area contributed by atoms with Gasteiger partial charge in [0.15, 0.2) is 0 Å². The van der Waals surface area contributed by atoms with Crippen LogP contribution in [0.25, 0.3) is 0 Å². The number of hydroxylamine groups is 1. The minimum absolute atomic E-state index is 0.143. The monoisotopic (exact) mass is 319 g/mol. The van der Waals surface area contributed by atoms with Gasteiger partial charge in [-0.15, -0.1) is 0 Å². The first-order chi connectivity index (χ1) is 7.27. The van der Waals surface area contributed by atoms with Crippen molar-refractivity contribution in [3.63, 3.8) is 0 Å². The van der Waals surface area contributed by atoms with Crippen molar-refractivity contribution in [3.05, 3.63) is 27.3 Å². The molecular weight excluding hydrogens is 305 g/mol. The number of para-hydroxylation sites is 1. The van der Waals surface area contributed by atoms with E-state index in [1.807, 2.05) is 6.07 Å². The fourth-order valence-electron chi connectivity index (χ4n) is 1.90. The molecule has 3 nitrogen and oxygen atoms in total. The summed E-state index contributed by atoms with van der Waals surface area (Å²) in [5, 5.41) is 0. The third-order valence-corrected chi connectivity index (χ3v) is 3.47. The predicted octanol–water partition coefficient (Wildman–Crippen LogP) is 2.65. The molecule has 1 N–H and O–H groups in total. The summed E-state index contributed by atoms with van der Waals surface area (Å²) < 4.78 is 7.06. The number of halogens is 1. The van der Waals surface area contributed by atoms with Gasteiger partial charge in [-0.25, -0.2) is 0 Å². The van der Waals surface area contributed by atoms with Crippen molar-refractivity contribution >= 4 is 22.6 Å². The zero-order valence-corrected chi connectivity index (χ0v) is 10.9. The van der Waals surface area contributed by atoms with Crippen LogP contribution in [0.3, 0.4) is 0 Å². The highest BCUT2D eigenvalue weighted by atomic mass is 127. The zero-order valence-electron chi connectivity index (χ0n) is 8.79. The van der Waals surface area contributed by atoms with Crippen molar-refractivity contribution < 1.29 is 9.57 Å². The van der Waals surface area contributed by atoms with Gasteiger partial charge in [0.1, 0.15) is 11.9 Å². The Labute approximate surface area is 103 Å². The molecule has 0 aromatic heterocycles. The highest BCUT2D eigenvalue weighted by molar-refractivity contribution is 14.1. The first-order valence-electron chi connectivity index (χ1n) is 5.01. The maximum absolute atomic E-state index is 5.90. The molecule has 0 bridgehead atoms. The van der Waals surface area contributed by atoms with Gasteiger partial charge in [0.25, 0.3) is 0 Å². The molecule has 0 saturated carbocycles. The Balaban J connectivity index is 2.35. The quantitative estimate of drug-likeness (QED) is 0.686. The topological polar surface area (TPSA) is 30.5 Å². The third-order valence-electron chi connectivity index (χ3n) is 2.62. The molecule has 4 heteroatoms. The molecule has 0 fully saturated rings.